The minimum atomic E-state index is -1.21. The monoisotopic (exact) mass is 420 g/mol. The lowest BCUT2D eigenvalue weighted by Gasteiger charge is -2.30. The summed E-state index contributed by atoms with van der Waals surface area (Å²) in [6, 6.07) is 2.04. The first-order valence-electron chi connectivity index (χ1n) is 10.6. The molecule has 1 aliphatic carbocycles. The molecule has 0 aliphatic heterocycles. The predicted molar refractivity (Wildman–Crippen MR) is 117 cm³/mol. The lowest BCUT2D eigenvalue weighted by Crippen LogP contribution is -2.31. The third kappa shape index (κ3) is 3.56. The van der Waals surface area contributed by atoms with E-state index in [0.29, 0.717) is 19.4 Å². The molecule has 0 amide bonds. The van der Waals surface area contributed by atoms with E-state index >= 15 is 4.39 Å². The highest BCUT2D eigenvalue weighted by Crippen LogP contribution is 2.38. The maximum atomic E-state index is 15.6. The predicted octanol–water partition coefficient (Wildman–Crippen LogP) is 5.02. The van der Waals surface area contributed by atoms with Crippen LogP contribution in [-0.2, 0) is 6.54 Å². The number of alkyl halides is 1. The molecule has 1 aliphatic rings. The summed E-state index contributed by atoms with van der Waals surface area (Å²) in [6.07, 6.45) is 11.3. The Kier molecular flexibility index (Phi) is 4.72. The summed E-state index contributed by atoms with van der Waals surface area (Å²) in [5.74, 6) is 0.948. The van der Waals surface area contributed by atoms with Crippen molar-refractivity contribution in [2.75, 3.05) is 5.73 Å². The molecule has 4 heterocycles. The second-order valence-electron chi connectivity index (χ2n) is 8.50. The molecule has 0 unspecified atom stereocenters. The van der Waals surface area contributed by atoms with Gasteiger partial charge in [-0.3, -0.25) is 4.98 Å². The molecule has 0 spiro atoms. The van der Waals surface area contributed by atoms with E-state index in [0.717, 1.165) is 64.0 Å². The SMILES string of the molecule is Cc1noc(C)c1-c1cnc2c(-c3cnc(N)nc3)cn(CC3(F)CCCCC3)c2c1. The largest absolute Gasteiger partial charge is 0.368 e. The molecule has 0 aromatic carbocycles. The number of anilines is 1. The van der Waals surface area contributed by atoms with E-state index in [2.05, 4.69) is 15.1 Å². The number of nitrogens with zero attached hydrogens (tertiary/aromatic N) is 5. The van der Waals surface area contributed by atoms with Crippen LogP contribution in [0.4, 0.5) is 10.3 Å². The molecule has 8 heteroatoms. The number of nitrogen functional groups attached to an aromatic ring is 1. The number of aromatic nitrogens is 5. The topological polar surface area (TPSA) is 95.7 Å². The maximum absolute atomic E-state index is 15.6. The summed E-state index contributed by atoms with van der Waals surface area (Å²) < 4.78 is 23.0. The standard InChI is InChI=1S/C23H25FN6O/c1-14-20(15(2)31-29-14)16-8-19-21(26-9-16)18(17-10-27-22(25)28-11-17)12-30(19)13-23(24)6-4-3-5-7-23/h8-12H,3-7,13H2,1-2H3,(H2,25,27,28). The van der Waals surface area contributed by atoms with Crippen LogP contribution in [0.15, 0.2) is 35.4 Å². The van der Waals surface area contributed by atoms with Gasteiger partial charge in [-0.05, 0) is 32.8 Å². The summed E-state index contributed by atoms with van der Waals surface area (Å²) in [6.45, 7) is 4.09. The van der Waals surface area contributed by atoms with Gasteiger partial charge in [0, 0.05) is 47.0 Å². The lowest BCUT2D eigenvalue weighted by atomic mass is 9.86. The molecular formula is C23H25FN6O. The summed E-state index contributed by atoms with van der Waals surface area (Å²) in [7, 11) is 0. The average molecular weight is 420 g/mol. The van der Waals surface area contributed by atoms with Gasteiger partial charge < -0.3 is 14.8 Å². The van der Waals surface area contributed by atoms with Crippen LogP contribution in [-0.4, -0.2) is 30.3 Å². The van der Waals surface area contributed by atoms with Crippen molar-refractivity contribution in [2.24, 2.45) is 0 Å². The number of nitrogens with two attached hydrogens (primary N) is 1. The molecule has 2 N–H and O–H groups in total. The summed E-state index contributed by atoms with van der Waals surface area (Å²) in [4.78, 5) is 13.0. The molecule has 0 bridgehead atoms. The zero-order valence-corrected chi connectivity index (χ0v) is 17.7. The first-order chi connectivity index (χ1) is 14.9. The Morgan fingerprint density at radius 3 is 2.45 bits per heavy atom. The molecule has 5 rings (SSSR count). The van der Waals surface area contributed by atoms with Gasteiger partial charge in [-0.1, -0.05) is 24.4 Å². The van der Waals surface area contributed by atoms with Gasteiger partial charge in [-0.2, -0.15) is 0 Å². The van der Waals surface area contributed by atoms with Gasteiger partial charge in [0.1, 0.15) is 11.4 Å². The van der Waals surface area contributed by atoms with Gasteiger partial charge in [0.05, 0.1) is 23.3 Å². The highest BCUT2D eigenvalue weighted by Gasteiger charge is 2.33. The number of rotatable bonds is 4. The summed E-state index contributed by atoms with van der Waals surface area (Å²) in [5, 5.41) is 4.06. The molecule has 1 fully saturated rings. The second-order valence-corrected chi connectivity index (χ2v) is 8.50. The van der Waals surface area contributed by atoms with Crippen molar-refractivity contribution in [3.63, 3.8) is 0 Å². The van der Waals surface area contributed by atoms with E-state index in [9.17, 15) is 0 Å². The first kappa shape index (κ1) is 19.7. The van der Waals surface area contributed by atoms with Gasteiger partial charge in [-0.25, -0.2) is 14.4 Å². The van der Waals surface area contributed by atoms with Crippen molar-refractivity contribution < 1.29 is 8.91 Å². The minimum Gasteiger partial charge on any atom is -0.368 e. The number of hydrogen-bond donors (Lipinski definition) is 1. The Bertz CT molecular complexity index is 1220. The van der Waals surface area contributed by atoms with E-state index < -0.39 is 5.67 Å². The number of aryl methyl sites for hydroxylation is 2. The number of pyridine rings is 1. The normalized spacial score (nSPS) is 16.1. The van der Waals surface area contributed by atoms with Crippen molar-refractivity contribution in [3.05, 3.63) is 42.3 Å². The molecule has 4 aromatic rings. The number of halogens is 1. The Labute approximate surface area is 179 Å². The van der Waals surface area contributed by atoms with Gasteiger partial charge in [-0.15, -0.1) is 0 Å². The molecule has 0 atom stereocenters. The smallest absolute Gasteiger partial charge is 0.219 e. The van der Waals surface area contributed by atoms with Crippen molar-refractivity contribution >= 4 is 17.0 Å². The fraction of sp³-hybridized carbons (Fsp3) is 0.391. The molecule has 1 saturated carbocycles. The van der Waals surface area contributed by atoms with E-state index in [4.69, 9.17) is 15.2 Å². The molecule has 31 heavy (non-hydrogen) atoms. The van der Waals surface area contributed by atoms with Crippen LogP contribution in [0.25, 0.3) is 33.3 Å². The second kappa shape index (κ2) is 7.44. The molecular weight excluding hydrogens is 395 g/mol. The summed E-state index contributed by atoms with van der Waals surface area (Å²) in [5.41, 5.74) is 10.4. The van der Waals surface area contributed by atoms with Crippen molar-refractivity contribution in [2.45, 2.75) is 58.2 Å². The fourth-order valence-corrected chi connectivity index (χ4v) is 4.67. The van der Waals surface area contributed by atoms with Crippen LogP contribution in [0, 0.1) is 13.8 Å². The van der Waals surface area contributed by atoms with E-state index in [1.54, 1.807) is 12.4 Å². The van der Waals surface area contributed by atoms with Crippen LogP contribution < -0.4 is 5.73 Å². The van der Waals surface area contributed by atoms with Gasteiger partial charge in [0.15, 0.2) is 0 Å². The highest BCUT2D eigenvalue weighted by molar-refractivity contribution is 5.94. The van der Waals surface area contributed by atoms with E-state index in [-0.39, 0.29) is 5.95 Å². The zero-order valence-electron chi connectivity index (χ0n) is 17.7. The average Bonchev–Trinajstić information content (AvgIpc) is 3.28. The van der Waals surface area contributed by atoms with Crippen LogP contribution in [0.1, 0.15) is 43.6 Å². The maximum Gasteiger partial charge on any atom is 0.219 e. The van der Waals surface area contributed by atoms with Gasteiger partial charge in [0.25, 0.3) is 0 Å². The van der Waals surface area contributed by atoms with Gasteiger partial charge in [0.2, 0.25) is 5.95 Å². The Morgan fingerprint density at radius 1 is 1.06 bits per heavy atom. The Balaban J connectivity index is 1.67. The summed E-state index contributed by atoms with van der Waals surface area (Å²) >= 11 is 0. The zero-order chi connectivity index (χ0) is 21.6. The van der Waals surface area contributed by atoms with Crippen molar-refractivity contribution in [1.82, 2.24) is 24.7 Å². The van der Waals surface area contributed by atoms with Crippen LogP contribution in [0.3, 0.4) is 0 Å². The van der Waals surface area contributed by atoms with Crippen molar-refractivity contribution in [3.8, 4) is 22.3 Å². The molecule has 0 radical (unpaired) electrons. The van der Waals surface area contributed by atoms with Crippen molar-refractivity contribution in [1.29, 1.82) is 0 Å². The molecule has 0 saturated heterocycles. The minimum absolute atomic E-state index is 0.214. The molecule has 4 aromatic heterocycles. The number of fused-ring (bicyclic) bond motifs is 1. The third-order valence-corrected chi connectivity index (χ3v) is 6.23. The quantitative estimate of drug-likeness (QED) is 0.498. The Hall–Kier alpha value is -3.29. The lowest BCUT2D eigenvalue weighted by molar-refractivity contribution is 0.0873. The van der Waals surface area contributed by atoms with Crippen LogP contribution in [0.5, 0.6) is 0 Å². The first-order valence-corrected chi connectivity index (χ1v) is 10.6. The molecule has 7 nitrogen and oxygen atoms in total. The van der Waals surface area contributed by atoms with Crippen LogP contribution in [0.2, 0.25) is 0 Å². The fourth-order valence-electron chi connectivity index (χ4n) is 4.67. The Morgan fingerprint density at radius 2 is 1.77 bits per heavy atom. The number of hydrogen-bond acceptors (Lipinski definition) is 6. The highest BCUT2D eigenvalue weighted by atomic mass is 19.1. The van der Waals surface area contributed by atoms with E-state index in [1.165, 1.54) is 0 Å². The van der Waals surface area contributed by atoms with Gasteiger partial charge >= 0.3 is 0 Å². The van der Waals surface area contributed by atoms with E-state index in [1.807, 2.05) is 36.9 Å². The molecule has 160 valence electrons. The van der Waals surface area contributed by atoms with Crippen LogP contribution >= 0.6 is 0 Å². The third-order valence-electron chi connectivity index (χ3n) is 6.23.